The summed E-state index contributed by atoms with van der Waals surface area (Å²) in [6.07, 6.45) is -0.792. The van der Waals surface area contributed by atoms with E-state index in [1.807, 2.05) is 0 Å². The number of nitrogens with one attached hydrogen (secondary N) is 2. The number of carbonyl (C=O) groups is 1. The number of nitrogens with two attached hydrogens (primary N) is 4. The van der Waals surface area contributed by atoms with E-state index in [1.54, 1.807) is 6.07 Å². The number of pyridine rings is 1. The third-order valence-corrected chi connectivity index (χ3v) is 5.46. The first kappa shape index (κ1) is 26.9. The number of aromatic nitrogens is 1. The van der Waals surface area contributed by atoms with E-state index in [0.29, 0.717) is 0 Å². The van der Waals surface area contributed by atoms with Crippen LogP contribution < -0.4 is 42.5 Å². The van der Waals surface area contributed by atoms with Crippen molar-refractivity contribution in [1.82, 2.24) is 10.3 Å². The fourth-order valence-corrected chi connectivity index (χ4v) is 3.64. The first-order valence-corrected chi connectivity index (χ1v) is 11.3. The lowest BCUT2D eigenvalue weighted by atomic mass is 10.2. The molecule has 1 aromatic heterocycles. The highest BCUT2D eigenvalue weighted by Crippen LogP contribution is 2.40. The number of aliphatic imine (C=N–C) groups is 1. The summed E-state index contributed by atoms with van der Waals surface area (Å²) in [7, 11) is 0. The first-order chi connectivity index (χ1) is 18.5. The lowest BCUT2D eigenvalue weighted by Gasteiger charge is -2.18. The predicted molar refractivity (Wildman–Crippen MR) is 135 cm³/mol. The summed E-state index contributed by atoms with van der Waals surface area (Å²) in [5, 5.41) is 20.6. The normalized spacial score (nSPS) is 16.4. The van der Waals surface area contributed by atoms with E-state index >= 15 is 8.78 Å². The summed E-state index contributed by atoms with van der Waals surface area (Å²) in [6.45, 7) is 0.0726. The molecule has 0 radical (unpaired) electrons. The van der Waals surface area contributed by atoms with Gasteiger partial charge in [0.1, 0.15) is 17.7 Å². The average Bonchev–Trinajstić information content (AvgIpc) is 3.35. The lowest BCUT2D eigenvalue weighted by molar-refractivity contribution is -0.119. The van der Waals surface area contributed by atoms with Crippen molar-refractivity contribution in [2.45, 2.75) is 18.6 Å². The second kappa shape index (κ2) is 11.1. The molecule has 1 fully saturated rings. The molecule has 0 aliphatic carbocycles. The molecule has 2 heterocycles. The van der Waals surface area contributed by atoms with Gasteiger partial charge >= 0.3 is 0 Å². The van der Waals surface area contributed by atoms with Crippen molar-refractivity contribution in [3.8, 4) is 34.8 Å². The average molecular weight is 543 g/mol. The van der Waals surface area contributed by atoms with Crippen molar-refractivity contribution in [3.63, 3.8) is 0 Å². The largest absolute Gasteiger partial charge is 0.504 e. The number of hydrogen-bond donors (Lipinski definition) is 7. The Bertz CT molecular complexity index is 1460. The highest BCUT2D eigenvalue weighted by Gasteiger charge is 2.33. The van der Waals surface area contributed by atoms with Crippen LogP contribution in [0.3, 0.4) is 0 Å². The molecule has 1 aliphatic rings. The maximum Gasteiger partial charge on any atom is 0.263 e. The number of amides is 1. The number of amidine groups is 1. The van der Waals surface area contributed by atoms with E-state index < -0.39 is 52.9 Å². The molecule has 2 aromatic carbocycles. The van der Waals surface area contributed by atoms with Gasteiger partial charge in [0.05, 0.1) is 11.7 Å². The van der Waals surface area contributed by atoms with Gasteiger partial charge in [-0.05, 0) is 30.3 Å². The Kier molecular flexibility index (Phi) is 7.62. The molecule has 3 aromatic rings. The number of primary amides is 1. The van der Waals surface area contributed by atoms with Gasteiger partial charge in [-0.3, -0.25) is 10.2 Å². The van der Waals surface area contributed by atoms with Crippen LogP contribution in [0, 0.1) is 17.0 Å². The van der Waals surface area contributed by atoms with E-state index in [0.717, 1.165) is 0 Å². The zero-order chi connectivity index (χ0) is 28.3. The van der Waals surface area contributed by atoms with Gasteiger partial charge in [0.25, 0.3) is 11.8 Å². The number of benzene rings is 2. The van der Waals surface area contributed by atoms with Crippen molar-refractivity contribution in [3.05, 3.63) is 59.7 Å². The third kappa shape index (κ3) is 6.22. The van der Waals surface area contributed by atoms with E-state index in [9.17, 15) is 9.90 Å². The van der Waals surface area contributed by atoms with Crippen LogP contribution in [0.25, 0.3) is 0 Å². The van der Waals surface area contributed by atoms with Crippen LogP contribution in [-0.4, -0.2) is 46.5 Å². The smallest absolute Gasteiger partial charge is 0.263 e. The summed E-state index contributed by atoms with van der Waals surface area (Å²) in [5.41, 5.74) is 22.0. The Hall–Kier alpha value is -5.18. The molecule has 1 amide bonds. The number of guanidine groups is 1. The topological polar surface area (TPSA) is 230 Å². The minimum atomic E-state index is -1.36. The standard InChI is InChI=1S/C24H24F2N8O5/c25-17-19(37-13-8-14(21(29)36)32-9-13)18(26)23(39-16-6-10(20(27)28)4-5-15(16)35)34-22(17)38-12-3-1-2-11(7-12)33-24(30)31/h1-7,13-14,32,35H,8-9H2,(H3,27,28)(H2,29,36)(H4,30,31,33). The Balaban J connectivity index is 1.75. The molecular formula is C24H24F2N8O5. The van der Waals surface area contributed by atoms with Gasteiger partial charge < -0.3 is 47.6 Å². The van der Waals surface area contributed by atoms with Gasteiger partial charge in [0, 0.05) is 24.6 Å². The maximum atomic E-state index is 15.5. The lowest BCUT2D eigenvalue weighted by Crippen LogP contribution is -2.36. The number of halogens is 2. The van der Waals surface area contributed by atoms with Crippen molar-refractivity contribution in [2.24, 2.45) is 27.9 Å². The van der Waals surface area contributed by atoms with Crippen LogP contribution in [0.15, 0.2) is 47.5 Å². The molecule has 13 nitrogen and oxygen atoms in total. The number of ether oxygens (including phenoxy) is 3. The van der Waals surface area contributed by atoms with Crippen molar-refractivity contribution < 1.29 is 32.9 Å². The van der Waals surface area contributed by atoms with Gasteiger partial charge in [0.2, 0.25) is 23.3 Å². The Morgan fingerprint density at radius 1 is 1.08 bits per heavy atom. The second-order valence-electron chi connectivity index (χ2n) is 8.35. The van der Waals surface area contributed by atoms with Crippen molar-refractivity contribution in [2.75, 3.05) is 6.54 Å². The number of phenolic OH excluding ortho intramolecular Hbond substituents is 1. The summed E-state index contributed by atoms with van der Waals surface area (Å²) in [4.78, 5) is 19.2. The summed E-state index contributed by atoms with van der Waals surface area (Å²) in [5.74, 6) is -7.10. The molecular weight excluding hydrogens is 518 g/mol. The van der Waals surface area contributed by atoms with Gasteiger partial charge in [-0.15, -0.1) is 0 Å². The quantitative estimate of drug-likeness (QED) is 0.152. The molecule has 11 N–H and O–H groups in total. The van der Waals surface area contributed by atoms with E-state index in [1.165, 1.54) is 36.4 Å². The number of phenols is 1. The Morgan fingerprint density at radius 3 is 2.44 bits per heavy atom. The summed E-state index contributed by atoms with van der Waals surface area (Å²) >= 11 is 0. The van der Waals surface area contributed by atoms with Crippen LogP contribution in [0.1, 0.15) is 12.0 Å². The number of carbonyl (C=O) groups excluding carboxylic acids is 1. The third-order valence-electron chi connectivity index (χ3n) is 5.46. The Morgan fingerprint density at radius 2 is 1.79 bits per heavy atom. The fourth-order valence-electron chi connectivity index (χ4n) is 3.64. The molecule has 4 rings (SSSR count). The first-order valence-electron chi connectivity index (χ1n) is 11.3. The Labute approximate surface area is 219 Å². The van der Waals surface area contributed by atoms with Gasteiger partial charge in [-0.25, -0.2) is 4.99 Å². The highest BCUT2D eigenvalue weighted by atomic mass is 19.1. The number of nitrogen functional groups attached to an aromatic ring is 1. The molecule has 0 bridgehead atoms. The number of nitrogens with zero attached hydrogens (tertiary/aromatic N) is 2. The van der Waals surface area contributed by atoms with Gasteiger partial charge in [0.15, 0.2) is 17.5 Å². The minimum absolute atomic E-state index is 0.0326. The zero-order valence-corrected chi connectivity index (χ0v) is 20.2. The van der Waals surface area contributed by atoms with E-state index in [2.05, 4.69) is 15.3 Å². The fraction of sp³-hybridized carbons (Fsp3) is 0.167. The second-order valence-corrected chi connectivity index (χ2v) is 8.35. The molecule has 1 aliphatic heterocycles. The molecule has 204 valence electrons. The van der Waals surface area contributed by atoms with E-state index in [4.69, 9.17) is 42.6 Å². The minimum Gasteiger partial charge on any atom is -0.504 e. The molecule has 2 unspecified atom stereocenters. The van der Waals surface area contributed by atoms with Gasteiger partial charge in [-0.2, -0.15) is 13.8 Å². The van der Waals surface area contributed by atoms with Crippen LogP contribution in [0.4, 0.5) is 14.5 Å². The highest BCUT2D eigenvalue weighted by molar-refractivity contribution is 5.95. The van der Waals surface area contributed by atoms with Crippen LogP contribution in [0.5, 0.6) is 34.8 Å². The SMILES string of the molecule is N=C(N)c1ccc(O)c(Oc2nc(Oc3cccc(N=C(N)N)c3)c(F)c(OC3CNC(C(N)=O)C3)c2F)c1. The summed E-state index contributed by atoms with van der Waals surface area (Å²) < 4.78 is 47.6. The van der Waals surface area contributed by atoms with Crippen molar-refractivity contribution in [1.29, 1.82) is 5.41 Å². The van der Waals surface area contributed by atoms with Crippen molar-refractivity contribution >= 4 is 23.4 Å². The number of aromatic hydroxyl groups is 1. The molecule has 2 atom stereocenters. The predicted octanol–water partition coefficient (Wildman–Crippen LogP) is 1.43. The number of rotatable bonds is 9. The monoisotopic (exact) mass is 542 g/mol. The zero-order valence-electron chi connectivity index (χ0n) is 20.2. The van der Waals surface area contributed by atoms with Crippen LogP contribution in [0.2, 0.25) is 0 Å². The maximum absolute atomic E-state index is 15.5. The molecule has 0 saturated carbocycles. The molecule has 15 heteroatoms. The van der Waals surface area contributed by atoms with Crippen LogP contribution in [-0.2, 0) is 4.79 Å². The number of hydrogen-bond acceptors (Lipinski definition) is 9. The molecule has 0 spiro atoms. The molecule has 1 saturated heterocycles. The van der Waals surface area contributed by atoms with E-state index in [-0.39, 0.29) is 47.5 Å². The summed E-state index contributed by atoms with van der Waals surface area (Å²) in [6, 6.07) is 8.81. The molecule has 39 heavy (non-hydrogen) atoms. The van der Waals surface area contributed by atoms with Crippen LogP contribution >= 0.6 is 0 Å². The van der Waals surface area contributed by atoms with Gasteiger partial charge in [-0.1, -0.05) is 6.07 Å².